The summed E-state index contributed by atoms with van der Waals surface area (Å²) in [5.74, 6) is -0.415. The average Bonchev–Trinajstić information content (AvgIpc) is 3.13. The first-order valence-corrected chi connectivity index (χ1v) is 10.1. The first kappa shape index (κ1) is 19.2. The van der Waals surface area contributed by atoms with Gasteiger partial charge in [0.25, 0.3) is 11.6 Å². The smallest absolute Gasteiger partial charge is 0.293 e. The highest BCUT2D eigenvalue weighted by Crippen LogP contribution is 2.31. The molecular formula is C18H23N5O3S. The number of rotatable bonds is 7. The molecule has 3 rings (SSSR count). The number of aryl methyl sites for hydroxylation is 1. The first-order valence-electron chi connectivity index (χ1n) is 9.25. The van der Waals surface area contributed by atoms with Gasteiger partial charge in [-0.15, -0.1) is 10.2 Å². The monoisotopic (exact) mass is 389 g/mol. The fourth-order valence-corrected chi connectivity index (χ4v) is 3.89. The Balaban J connectivity index is 1.75. The molecule has 0 spiro atoms. The van der Waals surface area contributed by atoms with E-state index in [0.29, 0.717) is 10.8 Å². The van der Waals surface area contributed by atoms with Crippen molar-refractivity contribution in [3.63, 3.8) is 0 Å². The molecule has 0 radical (unpaired) electrons. The summed E-state index contributed by atoms with van der Waals surface area (Å²) < 4.78 is 0. The topological polar surface area (TPSA) is 101 Å². The third-order valence-corrected chi connectivity index (χ3v) is 5.46. The average molecular weight is 389 g/mol. The summed E-state index contributed by atoms with van der Waals surface area (Å²) in [7, 11) is 0. The van der Waals surface area contributed by atoms with Gasteiger partial charge in [-0.2, -0.15) is 0 Å². The van der Waals surface area contributed by atoms with Crippen molar-refractivity contribution < 1.29 is 9.72 Å². The number of unbranched alkanes of at least 4 members (excludes halogenated alkanes) is 1. The summed E-state index contributed by atoms with van der Waals surface area (Å²) in [6.45, 7) is 3.71. The lowest BCUT2D eigenvalue weighted by atomic mass is 10.1. The molecule has 1 amide bonds. The summed E-state index contributed by atoms with van der Waals surface area (Å²) >= 11 is 1.34. The minimum atomic E-state index is -0.422. The van der Waals surface area contributed by atoms with Gasteiger partial charge in [-0.25, -0.2) is 0 Å². The third-order valence-electron chi connectivity index (χ3n) is 4.56. The molecule has 0 bridgehead atoms. The van der Waals surface area contributed by atoms with Crippen molar-refractivity contribution in [2.75, 3.05) is 23.3 Å². The second-order valence-corrected chi connectivity index (χ2v) is 7.63. The maximum absolute atomic E-state index is 12.5. The fraction of sp³-hybridized carbons (Fsp3) is 0.500. The van der Waals surface area contributed by atoms with E-state index in [9.17, 15) is 14.9 Å². The van der Waals surface area contributed by atoms with Gasteiger partial charge in [0.1, 0.15) is 10.7 Å². The number of nitro groups is 1. The maximum Gasteiger partial charge on any atom is 0.293 e. The molecule has 2 aromatic rings. The zero-order valence-electron chi connectivity index (χ0n) is 15.3. The lowest BCUT2D eigenvalue weighted by Crippen LogP contribution is -2.30. The van der Waals surface area contributed by atoms with Crippen LogP contribution in [0.4, 0.5) is 16.5 Å². The quantitative estimate of drug-likeness (QED) is 0.567. The minimum Gasteiger partial charge on any atom is -0.366 e. The molecule has 0 unspecified atom stereocenters. The molecule has 144 valence electrons. The van der Waals surface area contributed by atoms with Crippen molar-refractivity contribution >= 4 is 33.8 Å². The van der Waals surface area contributed by atoms with Crippen LogP contribution in [0.3, 0.4) is 0 Å². The second kappa shape index (κ2) is 8.90. The number of piperidine rings is 1. The normalized spacial score (nSPS) is 14.2. The molecule has 0 atom stereocenters. The molecule has 27 heavy (non-hydrogen) atoms. The number of carbonyl (C=O) groups excluding carboxylic acids is 1. The van der Waals surface area contributed by atoms with Gasteiger partial charge in [-0.05, 0) is 37.8 Å². The van der Waals surface area contributed by atoms with Gasteiger partial charge in [-0.3, -0.25) is 20.2 Å². The van der Waals surface area contributed by atoms with Crippen LogP contribution in [0.2, 0.25) is 0 Å². The molecule has 2 heterocycles. The van der Waals surface area contributed by atoms with Gasteiger partial charge >= 0.3 is 0 Å². The number of anilines is 2. The Morgan fingerprint density at radius 2 is 2.07 bits per heavy atom. The van der Waals surface area contributed by atoms with Crippen molar-refractivity contribution in [3.05, 3.63) is 38.9 Å². The van der Waals surface area contributed by atoms with Crippen molar-refractivity contribution in [1.82, 2.24) is 10.2 Å². The molecule has 1 N–H and O–H groups in total. The molecule has 1 aliphatic rings. The highest BCUT2D eigenvalue weighted by molar-refractivity contribution is 7.15. The third kappa shape index (κ3) is 4.79. The summed E-state index contributed by atoms with van der Waals surface area (Å²) in [5, 5.41) is 23.5. The Labute approximate surface area is 161 Å². The van der Waals surface area contributed by atoms with Crippen molar-refractivity contribution in [2.45, 2.75) is 45.4 Å². The number of benzene rings is 1. The Morgan fingerprint density at radius 1 is 1.30 bits per heavy atom. The summed E-state index contributed by atoms with van der Waals surface area (Å²) in [4.78, 5) is 25.6. The van der Waals surface area contributed by atoms with Crippen molar-refractivity contribution in [2.24, 2.45) is 0 Å². The lowest BCUT2D eigenvalue weighted by Gasteiger charge is -2.28. The Bertz CT molecular complexity index is 817. The Kier molecular flexibility index (Phi) is 6.33. The van der Waals surface area contributed by atoms with Crippen LogP contribution >= 0.6 is 11.3 Å². The molecule has 1 aliphatic heterocycles. The number of nitrogens with one attached hydrogen (secondary N) is 1. The number of hydrogen-bond donors (Lipinski definition) is 1. The van der Waals surface area contributed by atoms with Gasteiger partial charge in [0.15, 0.2) is 0 Å². The number of amides is 1. The Morgan fingerprint density at radius 3 is 2.78 bits per heavy atom. The summed E-state index contributed by atoms with van der Waals surface area (Å²) in [6.07, 6.45) is 6.11. The zero-order valence-corrected chi connectivity index (χ0v) is 16.1. The predicted octanol–water partition coefficient (Wildman–Crippen LogP) is 4.03. The number of carbonyl (C=O) groups is 1. The molecule has 0 saturated carbocycles. The number of aromatic nitrogens is 2. The number of nitrogens with zero attached hydrogens (tertiary/aromatic N) is 4. The van der Waals surface area contributed by atoms with Crippen LogP contribution in [0.5, 0.6) is 0 Å². The van der Waals surface area contributed by atoms with Gasteiger partial charge < -0.3 is 4.90 Å². The molecule has 8 nitrogen and oxygen atoms in total. The summed E-state index contributed by atoms with van der Waals surface area (Å²) in [6, 6.07) is 4.65. The molecule has 1 fully saturated rings. The molecule has 0 aliphatic carbocycles. The maximum atomic E-state index is 12.5. The van der Waals surface area contributed by atoms with Crippen LogP contribution in [0.25, 0.3) is 0 Å². The molecule has 1 aromatic carbocycles. The zero-order chi connectivity index (χ0) is 19.2. The SMILES string of the molecule is CCCCc1nnc(NC(=O)c2ccc(N3CCCCC3)c([N+](=O)[O-])c2)s1. The van der Waals surface area contributed by atoms with Crippen molar-refractivity contribution in [1.29, 1.82) is 0 Å². The Hall–Kier alpha value is -2.55. The second-order valence-electron chi connectivity index (χ2n) is 6.57. The predicted molar refractivity (Wildman–Crippen MR) is 106 cm³/mol. The van der Waals surface area contributed by atoms with E-state index in [4.69, 9.17) is 0 Å². The highest BCUT2D eigenvalue weighted by atomic mass is 32.1. The first-order chi connectivity index (χ1) is 13.1. The largest absolute Gasteiger partial charge is 0.366 e. The van der Waals surface area contributed by atoms with Gasteiger partial charge in [0.2, 0.25) is 5.13 Å². The van der Waals surface area contributed by atoms with E-state index in [2.05, 4.69) is 22.4 Å². The van der Waals surface area contributed by atoms with Gasteiger partial charge in [0.05, 0.1) is 4.92 Å². The van der Waals surface area contributed by atoms with Crippen LogP contribution in [-0.4, -0.2) is 34.1 Å². The van der Waals surface area contributed by atoms with E-state index in [1.807, 2.05) is 4.90 Å². The van der Waals surface area contributed by atoms with E-state index in [-0.39, 0.29) is 11.3 Å². The standard InChI is InChI=1S/C18H23N5O3S/c1-2-3-7-16-20-21-18(27-16)19-17(24)13-8-9-14(15(12-13)23(25)26)22-10-5-4-6-11-22/h8-9,12H,2-7,10-11H2,1H3,(H,19,21,24). The van der Waals surface area contributed by atoms with Crippen LogP contribution in [0, 0.1) is 10.1 Å². The van der Waals surface area contributed by atoms with E-state index in [1.54, 1.807) is 12.1 Å². The van der Waals surface area contributed by atoms with E-state index >= 15 is 0 Å². The molecular weight excluding hydrogens is 366 g/mol. The lowest BCUT2D eigenvalue weighted by molar-refractivity contribution is -0.384. The van der Waals surface area contributed by atoms with E-state index < -0.39 is 10.8 Å². The number of hydrogen-bond acceptors (Lipinski definition) is 7. The van der Waals surface area contributed by atoms with Crippen molar-refractivity contribution in [3.8, 4) is 0 Å². The van der Waals surface area contributed by atoms with Gasteiger partial charge in [0, 0.05) is 31.1 Å². The van der Waals surface area contributed by atoms with Crippen LogP contribution in [0.1, 0.15) is 54.4 Å². The number of nitro benzene ring substituents is 1. The van der Waals surface area contributed by atoms with E-state index in [0.717, 1.165) is 56.6 Å². The van der Waals surface area contributed by atoms with Gasteiger partial charge in [-0.1, -0.05) is 24.7 Å². The molecule has 1 aromatic heterocycles. The fourth-order valence-electron chi connectivity index (χ4n) is 3.12. The minimum absolute atomic E-state index is 0.0366. The van der Waals surface area contributed by atoms with Crippen LogP contribution < -0.4 is 10.2 Å². The summed E-state index contributed by atoms with van der Waals surface area (Å²) in [5.41, 5.74) is 0.784. The van der Waals surface area contributed by atoms with Crippen LogP contribution in [0.15, 0.2) is 18.2 Å². The van der Waals surface area contributed by atoms with E-state index in [1.165, 1.54) is 17.4 Å². The highest BCUT2D eigenvalue weighted by Gasteiger charge is 2.23. The molecule has 1 saturated heterocycles. The van der Waals surface area contributed by atoms with Crippen LogP contribution in [-0.2, 0) is 6.42 Å². The molecule has 9 heteroatoms.